The van der Waals surface area contributed by atoms with Gasteiger partial charge in [-0.15, -0.1) is 0 Å². The van der Waals surface area contributed by atoms with Crippen molar-refractivity contribution in [3.63, 3.8) is 0 Å². The molecule has 0 aliphatic rings. The molecule has 0 unspecified atom stereocenters. The summed E-state index contributed by atoms with van der Waals surface area (Å²) in [5, 5.41) is 9.29. The maximum atomic E-state index is 6.60. The van der Waals surface area contributed by atoms with Gasteiger partial charge in [0.05, 0.1) is 27.8 Å². The molecule has 0 aliphatic heterocycles. The standard InChI is InChI=1S/C48H28N2O2/c1-2-11-31(12-3-1)49-40-17-7-4-13-32(40)36-25-29(21-23-41(36)49)30-22-24-42-37(26-30)38-27-39-34-15-6-8-19-45(34)51-47(39)28-44(38)50(42)43-18-10-16-35-33-14-5-9-20-46(33)52-48(35)43/h1-28H. The average Bonchev–Trinajstić information content (AvgIpc) is 3.94. The lowest BCUT2D eigenvalue weighted by atomic mass is 10.00. The Balaban J connectivity index is 1.14. The topological polar surface area (TPSA) is 36.1 Å². The van der Waals surface area contributed by atoms with E-state index in [-0.39, 0.29) is 0 Å². The van der Waals surface area contributed by atoms with Gasteiger partial charge in [0, 0.05) is 54.8 Å². The number of nitrogens with zero attached hydrogens (tertiary/aromatic N) is 2. The maximum Gasteiger partial charge on any atom is 0.159 e. The van der Waals surface area contributed by atoms with Gasteiger partial charge in [-0.3, -0.25) is 0 Å². The number of hydrogen-bond acceptors (Lipinski definition) is 2. The summed E-state index contributed by atoms with van der Waals surface area (Å²) in [5.74, 6) is 0. The Bertz CT molecular complexity index is 3410. The molecule has 0 spiro atoms. The van der Waals surface area contributed by atoms with Crippen LogP contribution in [0.15, 0.2) is 179 Å². The van der Waals surface area contributed by atoms with E-state index >= 15 is 0 Å². The van der Waals surface area contributed by atoms with E-state index in [1.54, 1.807) is 0 Å². The number of aromatic nitrogens is 2. The number of rotatable bonds is 3. The number of fused-ring (bicyclic) bond motifs is 12. The highest BCUT2D eigenvalue weighted by molar-refractivity contribution is 6.19. The van der Waals surface area contributed by atoms with Gasteiger partial charge in [-0.2, -0.15) is 0 Å². The van der Waals surface area contributed by atoms with Crippen LogP contribution >= 0.6 is 0 Å². The summed E-state index contributed by atoms with van der Waals surface area (Å²) in [5.41, 5.74) is 12.6. The number of hydrogen-bond donors (Lipinski definition) is 0. The summed E-state index contributed by atoms with van der Waals surface area (Å²) in [4.78, 5) is 0. The molecule has 0 radical (unpaired) electrons. The normalized spacial score (nSPS) is 12.2. The fraction of sp³-hybridized carbons (Fsp3) is 0. The smallest absolute Gasteiger partial charge is 0.159 e. The van der Waals surface area contributed by atoms with Gasteiger partial charge in [-0.1, -0.05) is 97.1 Å². The molecule has 8 aromatic carbocycles. The van der Waals surface area contributed by atoms with Gasteiger partial charge in [0.1, 0.15) is 16.7 Å². The molecule has 0 saturated carbocycles. The van der Waals surface area contributed by atoms with Crippen molar-refractivity contribution in [1.29, 1.82) is 0 Å². The molecule has 0 amide bonds. The van der Waals surface area contributed by atoms with E-state index in [0.717, 1.165) is 66.3 Å². The molecule has 52 heavy (non-hydrogen) atoms. The second-order valence-electron chi connectivity index (χ2n) is 13.7. The first-order chi connectivity index (χ1) is 25.8. The molecular formula is C48H28N2O2. The second kappa shape index (κ2) is 10.3. The third-order valence-corrected chi connectivity index (χ3v) is 10.9. The minimum Gasteiger partial charge on any atom is -0.456 e. The van der Waals surface area contributed by atoms with E-state index in [9.17, 15) is 0 Å². The van der Waals surface area contributed by atoms with E-state index in [1.165, 1.54) is 43.7 Å². The minimum atomic E-state index is 0.870. The van der Waals surface area contributed by atoms with Gasteiger partial charge < -0.3 is 18.0 Å². The Morgan fingerprint density at radius 1 is 0.308 bits per heavy atom. The van der Waals surface area contributed by atoms with Crippen LogP contribution < -0.4 is 0 Å². The number of furan rings is 2. The molecule has 0 fully saturated rings. The van der Waals surface area contributed by atoms with Crippen LogP contribution in [-0.4, -0.2) is 9.13 Å². The van der Waals surface area contributed by atoms with E-state index in [1.807, 2.05) is 24.3 Å². The van der Waals surface area contributed by atoms with E-state index < -0.39 is 0 Å². The highest BCUT2D eigenvalue weighted by atomic mass is 16.3. The third kappa shape index (κ3) is 3.75. The first-order valence-electron chi connectivity index (χ1n) is 17.7. The Labute approximate surface area is 296 Å². The Hall–Kier alpha value is -7.04. The summed E-state index contributed by atoms with van der Waals surface area (Å²) in [6.45, 7) is 0. The van der Waals surface area contributed by atoms with Crippen molar-refractivity contribution in [3.8, 4) is 22.5 Å². The van der Waals surface area contributed by atoms with Crippen molar-refractivity contribution in [2.75, 3.05) is 0 Å². The van der Waals surface area contributed by atoms with Crippen molar-refractivity contribution >= 4 is 87.5 Å². The van der Waals surface area contributed by atoms with Crippen LogP contribution in [0.1, 0.15) is 0 Å². The molecule has 12 rings (SSSR count). The third-order valence-electron chi connectivity index (χ3n) is 10.9. The van der Waals surface area contributed by atoms with Crippen molar-refractivity contribution in [3.05, 3.63) is 170 Å². The van der Waals surface area contributed by atoms with Gasteiger partial charge in [0.2, 0.25) is 0 Å². The van der Waals surface area contributed by atoms with Crippen LogP contribution in [-0.2, 0) is 0 Å². The highest BCUT2D eigenvalue weighted by Crippen LogP contribution is 2.43. The van der Waals surface area contributed by atoms with Crippen molar-refractivity contribution in [1.82, 2.24) is 9.13 Å². The fourth-order valence-corrected chi connectivity index (χ4v) is 8.59. The van der Waals surface area contributed by atoms with Crippen molar-refractivity contribution in [2.45, 2.75) is 0 Å². The zero-order valence-electron chi connectivity index (χ0n) is 27.9. The lowest BCUT2D eigenvalue weighted by Gasteiger charge is -2.10. The van der Waals surface area contributed by atoms with E-state index in [0.29, 0.717) is 0 Å². The molecule has 4 heteroatoms. The summed E-state index contributed by atoms with van der Waals surface area (Å²) in [6.07, 6.45) is 0. The monoisotopic (exact) mass is 664 g/mol. The number of benzene rings is 8. The molecule has 4 nitrogen and oxygen atoms in total. The van der Waals surface area contributed by atoms with Crippen molar-refractivity contribution < 1.29 is 8.83 Å². The zero-order valence-corrected chi connectivity index (χ0v) is 27.9. The Morgan fingerprint density at radius 3 is 1.67 bits per heavy atom. The number of para-hydroxylation sites is 5. The van der Waals surface area contributed by atoms with E-state index in [2.05, 4.69) is 155 Å². The summed E-state index contributed by atoms with van der Waals surface area (Å²) < 4.78 is 17.8. The van der Waals surface area contributed by atoms with Crippen LogP contribution in [0.3, 0.4) is 0 Å². The van der Waals surface area contributed by atoms with Crippen LogP contribution in [0, 0.1) is 0 Å². The molecule has 0 aliphatic carbocycles. The Morgan fingerprint density at radius 2 is 0.885 bits per heavy atom. The predicted octanol–water partition coefficient (Wildman–Crippen LogP) is 13.3. The molecule has 12 aromatic rings. The molecule has 0 saturated heterocycles. The van der Waals surface area contributed by atoms with Gasteiger partial charge in [0.25, 0.3) is 0 Å². The predicted molar refractivity (Wildman–Crippen MR) is 215 cm³/mol. The average molecular weight is 665 g/mol. The second-order valence-corrected chi connectivity index (χ2v) is 13.7. The SMILES string of the molecule is c1ccc(-n2c3ccccc3c3cc(-c4ccc5c(c4)c4cc6c(cc4n5-c4cccc5c4oc4ccccc45)oc4ccccc46)ccc32)cc1. The van der Waals surface area contributed by atoms with Gasteiger partial charge in [-0.25, -0.2) is 0 Å². The lowest BCUT2D eigenvalue weighted by molar-refractivity contribution is 0.665. The lowest BCUT2D eigenvalue weighted by Crippen LogP contribution is -1.94. The molecule has 242 valence electrons. The van der Waals surface area contributed by atoms with Gasteiger partial charge >= 0.3 is 0 Å². The van der Waals surface area contributed by atoms with E-state index in [4.69, 9.17) is 8.83 Å². The van der Waals surface area contributed by atoms with Crippen LogP contribution in [0.4, 0.5) is 0 Å². The summed E-state index contributed by atoms with van der Waals surface area (Å²) >= 11 is 0. The molecule has 0 N–H and O–H groups in total. The van der Waals surface area contributed by atoms with Gasteiger partial charge in [0.15, 0.2) is 5.58 Å². The largest absolute Gasteiger partial charge is 0.456 e. The molecule has 0 bridgehead atoms. The first-order valence-corrected chi connectivity index (χ1v) is 17.7. The van der Waals surface area contributed by atoms with Crippen LogP contribution in [0.5, 0.6) is 0 Å². The van der Waals surface area contributed by atoms with Crippen LogP contribution in [0.2, 0.25) is 0 Å². The maximum absolute atomic E-state index is 6.60. The van der Waals surface area contributed by atoms with Gasteiger partial charge in [-0.05, 0) is 77.9 Å². The molecular weight excluding hydrogens is 637 g/mol. The molecule has 4 aromatic heterocycles. The Kier molecular flexibility index (Phi) is 5.47. The van der Waals surface area contributed by atoms with Crippen molar-refractivity contribution in [2.24, 2.45) is 0 Å². The van der Waals surface area contributed by atoms with Crippen LogP contribution in [0.25, 0.3) is 110 Å². The zero-order chi connectivity index (χ0) is 33.9. The first kappa shape index (κ1) is 27.7. The highest BCUT2D eigenvalue weighted by Gasteiger charge is 2.21. The quantitative estimate of drug-likeness (QED) is 0.188. The molecule has 4 heterocycles. The summed E-state index contributed by atoms with van der Waals surface area (Å²) in [6, 6.07) is 60.6. The minimum absolute atomic E-state index is 0.870. The summed E-state index contributed by atoms with van der Waals surface area (Å²) in [7, 11) is 0. The fourth-order valence-electron chi connectivity index (χ4n) is 8.59. The molecule has 0 atom stereocenters.